The van der Waals surface area contributed by atoms with E-state index < -0.39 is 5.97 Å². The van der Waals surface area contributed by atoms with Gasteiger partial charge in [-0.2, -0.15) is 0 Å². The number of methoxy groups -OCH3 is 1. The third-order valence-corrected chi connectivity index (χ3v) is 3.51. The van der Waals surface area contributed by atoms with E-state index in [1.165, 1.54) is 13.2 Å². The van der Waals surface area contributed by atoms with Gasteiger partial charge in [0.1, 0.15) is 5.75 Å². The Hall–Kier alpha value is -1.81. The lowest BCUT2D eigenvalue weighted by Crippen LogP contribution is -2.07. The van der Waals surface area contributed by atoms with Crippen molar-refractivity contribution in [3.63, 3.8) is 0 Å². The number of carbonyl (C=O) groups excluding carboxylic acids is 2. The van der Waals surface area contributed by atoms with Crippen molar-refractivity contribution in [2.45, 2.75) is 27.2 Å². The molecule has 0 saturated carbocycles. The molecule has 0 heterocycles. The summed E-state index contributed by atoms with van der Waals surface area (Å²) in [5.74, 6) is -0.447. The average Bonchev–Trinajstić information content (AvgIpc) is 2.47. The maximum Gasteiger partial charge on any atom is 0.330 e. The van der Waals surface area contributed by atoms with E-state index in [1.807, 2.05) is 13.8 Å². The van der Waals surface area contributed by atoms with Gasteiger partial charge >= 0.3 is 5.97 Å². The number of allylic oxidation sites excluding steroid dienone is 1. The molecule has 0 aliphatic carbocycles. The number of esters is 1. The van der Waals surface area contributed by atoms with Gasteiger partial charge in [0.2, 0.25) is 0 Å². The van der Waals surface area contributed by atoms with Crippen LogP contribution < -0.4 is 4.74 Å². The summed E-state index contributed by atoms with van der Waals surface area (Å²) in [6.07, 6.45) is 3.07. The van der Waals surface area contributed by atoms with Crippen molar-refractivity contribution in [1.82, 2.24) is 0 Å². The summed E-state index contributed by atoms with van der Waals surface area (Å²) >= 11 is 6.20. The summed E-state index contributed by atoms with van der Waals surface area (Å²) < 4.78 is 10.1. The lowest BCUT2D eigenvalue weighted by atomic mass is 10.00. The van der Waals surface area contributed by atoms with E-state index in [4.69, 9.17) is 16.3 Å². The van der Waals surface area contributed by atoms with Crippen molar-refractivity contribution in [3.8, 4) is 5.75 Å². The van der Waals surface area contributed by atoms with E-state index in [-0.39, 0.29) is 5.78 Å². The quantitative estimate of drug-likeness (QED) is 0.457. The molecule has 4 nitrogen and oxygen atoms in total. The minimum Gasteiger partial charge on any atom is -0.493 e. The highest BCUT2D eigenvalue weighted by atomic mass is 35.5. The number of benzene rings is 1. The molecular formula is C16H19ClO4. The van der Waals surface area contributed by atoms with E-state index in [9.17, 15) is 9.59 Å². The topological polar surface area (TPSA) is 52.6 Å². The number of hydrogen-bond acceptors (Lipinski definition) is 4. The average molecular weight is 311 g/mol. The fourth-order valence-electron chi connectivity index (χ4n) is 1.85. The predicted molar refractivity (Wildman–Crippen MR) is 82.2 cm³/mol. The molecule has 1 rings (SSSR count). The Balaban J connectivity index is 3.24. The van der Waals surface area contributed by atoms with Gasteiger partial charge in [0.25, 0.3) is 0 Å². The van der Waals surface area contributed by atoms with Crippen LogP contribution >= 0.6 is 11.6 Å². The molecule has 0 amide bonds. The molecule has 0 aliphatic heterocycles. The van der Waals surface area contributed by atoms with Crippen LogP contribution in [0, 0.1) is 13.8 Å². The fraction of sp³-hybridized carbons (Fsp3) is 0.375. The highest BCUT2D eigenvalue weighted by Gasteiger charge is 2.18. The van der Waals surface area contributed by atoms with E-state index in [0.717, 1.165) is 18.1 Å². The Labute approximate surface area is 129 Å². The number of hydrogen-bond donors (Lipinski definition) is 0. The van der Waals surface area contributed by atoms with Gasteiger partial charge in [-0.15, -0.1) is 0 Å². The zero-order valence-electron chi connectivity index (χ0n) is 12.7. The summed E-state index contributed by atoms with van der Waals surface area (Å²) in [4.78, 5) is 23.4. The van der Waals surface area contributed by atoms with Crippen molar-refractivity contribution >= 4 is 23.4 Å². The monoisotopic (exact) mass is 310 g/mol. The largest absolute Gasteiger partial charge is 0.493 e. The normalized spacial score (nSPS) is 10.7. The second kappa shape index (κ2) is 7.84. The van der Waals surface area contributed by atoms with Gasteiger partial charge in [0.15, 0.2) is 5.78 Å². The van der Waals surface area contributed by atoms with Crippen LogP contribution in [-0.4, -0.2) is 25.5 Å². The van der Waals surface area contributed by atoms with Crippen LogP contribution in [0.2, 0.25) is 5.02 Å². The Morgan fingerprint density at radius 1 is 1.29 bits per heavy atom. The molecule has 21 heavy (non-hydrogen) atoms. The van der Waals surface area contributed by atoms with Crippen molar-refractivity contribution in [1.29, 1.82) is 0 Å². The first kappa shape index (κ1) is 17.2. The Morgan fingerprint density at radius 3 is 2.52 bits per heavy atom. The third kappa shape index (κ3) is 4.33. The first-order valence-corrected chi connectivity index (χ1v) is 7.03. The molecular weight excluding hydrogens is 292 g/mol. The van der Waals surface area contributed by atoms with Crippen molar-refractivity contribution in [3.05, 3.63) is 39.9 Å². The van der Waals surface area contributed by atoms with Gasteiger partial charge in [-0.1, -0.05) is 18.5 Å². The summed E-state index contributed by atoms with van der Waals surface area (Å²) in [6, 6.07) is 1.74. The molecule has 0 aromatic heterocycles. The third-order valence-electron chi connectivity index (χ3n) is 2.92. The van der Waals surface area contributed by atoms with Gasteiger partial charge in [0, 0.05) is 11.1 Å². The van der Waals surface area contributed by atoms with Crippen LogP contribution in [0.15, 0.2) is 18.2 Å². The standard InChI is InChI=1S/C16H19ClO4/c1-5-8-21-13-9-10(2)16(17)11(3)15(13)12(18)6-7-14(19)20-4/h6-7,9H,5,8H2,1-4H3/b7-6+. The van der Waals surface area contributed by atoms with Crippen LogP contribution in [-0.2, 0) is 9.53 Å². The van der Waals surface area contributed by atoms with Crippen molar-refractivity contribution in [2.75, 3.05) is 13.7 Å². The summed E-state index contributed by atoms with van der Waals surface area (Å²) in [7, 11) is 1.25. The molecule has 1 aromatic carbocycles. The van der Waals surface area contributed by atoms with Crippen LogP contribution in [0.4, 0.5) is 0 Å². The van der Waals surface area contributed by atoms with Gasteiger partial charge in [-0.05, 0) is 43.5 Å². The van der Waals surface area contributed by atoms with Gasteiger partial charge in [-0.25, -0.2) is 4.79 Å². The second-order valence-electron chi connectivity index (χ2n) is 4.57. The second-order valence-corrected chi connectivity index (χ2v) is 4.95. The van der Waals surface area contributed by atoms with Gasteiger partial charge in [0.05, 0.1) is 19.3 Å². The van der Waals surface area contributed by atoms with E-state index in [2.05, 4.69) is 4.74 Å². The first-order valence-electron chi connectivity index (χ1n) is 6.65. The molecule has 0 fully saturated rings. The van der Waals surface area contributed by atoms with Crippen molar-refractivity contribution in [2.24, 2.45) is 0 Å². The molecule has 1 aromatic rings. The van der Waals surface area contributed by atoms with Crippen LogP contribution in [0.3, 0.4) is 0 Å². The van der Waals surface area contributed by atoms with Gasteiger partial charge < -0.3 is 9.47 Å². The highest BCUT2D eigenvalue weighted by molar-refractivity contribution is 6.33. The molecule has 114 valence electrons. The molecule has 0 saturated heterocycles. The summed E-state index contributed by atoms with van der Waals surface area (Å²) in [5.41, 5.74) is 1.86. The number of aryl methyl sites for hydroxylation is 1. The molecule has 0 atom stereocenters. The summed E-state index contributed by atoms with van der Waals surface area (Å²) in [6.45, 7) is 6.09. The first-order chi connectivity index (χ1) is 9.92. The Morgan fingerprint density at radius 2 is 1.95 bits per heavy atom. The SMILES string of the molecule is CCCOc1cc(C)c(Cl)c(C)c1C(=O)/C=C/C(=O)OC. The van der Waals surface area contributed by atoms with Crippen LogP contribution in [0.1, 0.15) is 34.8 Å². The minimum atomic E-state index is -0.588. The maximum atomic E-state index is 12.3. The van der Waals surface area contributed by atoms with E-state index >= 15 is 0 Å². The molecule has 0 spiro atoms. The number of halogens is 1. The molecule has 0 unspecified atom stereocenters. The number of rotatable bonds is 6. The molecule has 0 aliphatic rings. The lowest BCUT2D eigenvalue weighted by Gasteiger charge is -2.14. The smallest absolute Gasteiger partial charge is 0.330 e. The number of ether oxygens (including phenoxy) is 2. The lowest BCUT2D eigenvalue weighted by molar-refractivity contribution is -0.134. The zero-order valence-corrected chi connectivity index (χ0v) is 13.4. The Bertz CT molecular complexity index is 576. The summed E-state index contributed by atoms with van der Waals surface area (Å²) in [5, 5.41) is 0.522. The molecule has 0 radical (unpaired) electrons. The molecule has 0 bridgehead atoms. The van der Waals surface area contributed by atoms with E-state index in [1.54, 1.807) is 13.0 Å². The molecule has 5 heteroatoms. The van der Waals surface area contributed by atoms with Crippen molar-refractivity contribution < 1.29 is 19.1 Å². The fourth-order valence-corrected chi connectivity index (χ4v) is 2.00. The number of carbonyl (C=O) groups is 2. The Kier molecular flexibility index (Phi) is 6.43. The van der Waals surface area contributed by atoms with Gasteiger partial charge in [-0.3, -0.25) is 4.79 Å². The highest BCUT2D eigenvalue weighted by Crippen LogP contribution is 2.32. The maximum absolute atomic E-state index is 12.3. The minimum absolute atomic E-state index is 0.342. The van der Waals surface area contributed by atoms with E-state index in [0.29, 0.717) is 28.5 Å². The predicted octanol–water partition coefficient (Wildman–Crippen LogP) is 3.66. The zero-order chi connectivity index (χ0) is 16.0. The number of ketones is 1. The van der Waals surface area contributed by atoms with Crippen LogP contribution in [0.5, 0.6) is 5.75 Å². The molecule has 0 N–H and O–H groups in total. The van der Waals surface area contributed by atoms with Crippen LogP contribution in [0.25, 0.3) is 0 Å².